The van der Waals surface area contributed by atoms with Crippen LogP contribution in [0.4, 0.5) is 4.79 Å². The minimum Gasteiger partial charge on any atom is -0.444 e. The van der Waals surface area contributed by atoms with Crippen LogP contribution in [0.1, 0.15) is 68.4 Å². The predicted molar refractivity (Wildman–Crippen MR) is 112 cm³/mol. The number of fused-ring (bicyclic) bond motifs is 1. The Bertz CT molecular complexity index is 923. The second kappa shape index (κ2) is 7.65. The van der Waals surface area contributed by atoms with E-state index in [0.717, 1.165) is 42.3 Å². The fraction of sp³-hybridized carbons (Fsp3) is 0.522. The largest absolute Gasteiger partial charge is 0.444 e. The molecule has 0 unspecified atom stereocenters. The van der Waals surface area contributed by atoms with E-state index in [0.29, 0.717) is 24.6 Å². The fourth-order valence-corrected chi connectivity index (χ4v) is 3.77. The van der Waals surface area contributed by atoms with Crippen LogP contribution >= 0.6 is 0 Å². The average molecular weight is 396 g/mol. The average Bonchev–Trinajstić information content (AvgIpc) is 3.51. The van der Waals surface area contributed by atoms with Gasteiger partial charge < -0.3 is 15.0 Å². The molecule has 4 rings (SSSR count). The number of rotatable bonds is 3. The van der Waals surface area contributed by atoms with Crippen LogP contribution in [-0.2, 0) is 4.74 Å². The molecule has 1 N–H and O–H groups in total. The minimum atomic E-state index is -0.496. The number of hydrogen-bond acceptors (Lipinski definition) is 4. The van der Waals surface area contributed by atoms with Crippen molar-refractivity contribution in [1.29, 1.82) is 0 Å². The summed E-state index contributed by atoms with van der Waals surface area (Å²) >= 11 is 0. The summed E-state index contributed by atoms with van der Waals surface area (Å²) in [5.74, 6) is 0.435. The molecule has 2 aliphatic rings. The lowest BCUT2D eigenvalue weighted by Gasteiger charge is -2.33. The molecule has 2 heterocycles. The van der Waals surface area contributed by atoms with Gasteiger partial charge in [-0.3, -0.25) is 9.78 Å². The maximum absolute atomic E-state index is 13.1. The van der Waals surface area contributed by atoms with Crippen LogP contribution in [0.25, 0.3) is 10.9 Å². The van der Waals surface area contributed by atoms with Gasteiger partial charge in [0.15, 0.2) is 0 Å². The van der Waals surface area contributed by atoms with Crippen molar-refractivity contribution in [3.05, 3.63) is 41.6 Å². The highest BCUT2D eigenvalue weighted by Gasteiger charge is 2.29. The molecule has 6 nitrogen and oxygen atoms in total. The van der Waals surface area contributed by atoms with Crippen LogP contribution in [0.2, 0.25) is 0 Å². The molecule has 1 aromatic carbocycles. The van der Waals surface area contributed by atoms with Gasteiger partial charge in [-0.1, -0.05) is 18.2 Å². The molecule has 0 bridgehead atoms. The first-order valence-corrected chi connectivity index (χ1v) is 10.5. The number of aromatic nitrogens is 1. The molecule has 0 radical (unpaired) electrons. The van der Waals surface area contributed by atoms with Gasteiger partial charge in [0.1, 0.15) is 5.60 Å². The van der Waals surface area contributed by atoms with Crippen molar-refractivity contribution in [3.63, 3.8) is 0 Å². The van der Waals surface area contributed by atoms with Gasteiger partial charge in [0.05, 0.1) is 11.1 Å². The molecule has 154 valence electrons. The number of amides is 2. The van der Waals surface area contributed by atoms with Crippen molar-refractivity contribution in [3.8, 4) is 0 Å². The van der Waals surface area contributed by atoms with E-state index in [2.05, 4.69) is 5.32 Å². The van der Waals surface area contributed by atoms with Gasteiger partial charge in [-0.05, 0) is 58.6 Å². The molecule has 2 aromatic rings. The molecular weight excluding hydrogens is 366 g/mol. The zero-order valence-corrected chi connectivity index (χ0v) is 17.4. The summed E-state index contributed by atoms with van der Waals surface area (Å²) in [6, 6.07) is 9.84. The SMILES string of the molecule is CC(C)(C)OC(=O)N1CCC(NC(=O)c2cc(C3CC3)nc3ccccc23)CC1. The minimum absolute atomic E-state index is 0.0532. The zero-order valence-electron chi connectivity index (χ0n) is 17.4. The molecule has 1 aliphatic carbocycles. The number of pyridine rings is 1. The molecule has 0 atom stereocenters. The van der Waals surface area contributed by atoms with E-state index in [4.69, 9.17) is 9.72 Å². The Morgan fingerprint density at radius 1 is 1.10 bits per heavy atom. The van der Waals surface area contributed by atoms with E-state index >= 15 is 0 Å². The number of carbonyl (C=O) groups is 2. The molecule has 1 saturated heterocycles. The summed E-state index contributed by atoms with van der Waals surface area (Å²) in [6.07, 6.45) is 3.47. The molecule has 1 saturated carbocycles. The maximum Gasteiger partial charge on any atom is 0.410 e. The summed E-state index contributed by atoms with van der Waals surface area (Å²) in [7, 11) is 0. The first kappa shape index (κ1) is 19.7. The van der Waals surface area contributed by atoms with Gasteiger partial charge in [0.25, 0.3) is 5.91 Å². The monoisotopic (exact) mass is 395 g/mol. The maximum atomic E-state index is 13.1. The van der Waals surface area contributed by atoms with Gasteiger partial charge in [-0.25, -0.2) is 4.79 Å². The normalized spacial score (nSPS) is 18.0. The lowest BCUT2D eigenvalue weighted by atomic mass is 10.0. The smallest absolute Gasteiger partial charge is 0.410 e. The summed E-state index contributed by atoms with van der Waals surface area (Å²) in [6.45, 7) is 6.78. The molecule has 2 fully saturated rings. The summed E-state index contributed by atoms with van der Waals surface area (Å²) in [5, 5.41) is 4.07. The van der Waals surface area contributed by atoms with Gasteiger partial charge >= 0.3 is 6.09 Å². The van der Waals surface area contributed by atoms with Crippen LogP contribution in [0, 0.1) is 0 Å². The number of nitrogens with one attached hydrogen (secondary N) is 1. The topological polar surface area (TPSA) is 71.5 Å². The molecule has 6 heteroatoms. The third kappa shape index (κ3) is 4.69. The van der Waals surface area contributed by atoms with Gasteiger partial charge in [0.2, 0.25) is 0 Å². The van der Waals surface area contributed by atoms with E-state index in [1.807, 2.05) is 51.1 Å². The number of hydrogen-bond donors (Lipinski definition) is 1. The Hall–Kier alpha value is -2.63. The van der Waals surface area contributed by atoms with Crippen molar-refractivity contribution < 1.29 is 14.3 Å². The number of benzene rings is 1. The van der Waals surface area contributed by atoms with Crippen LogP contribution in [0.3, 0.4) is 0 Å². The van der Waals surface area contributed by atoms with Gasteiger partial charge in [-0.2, -0.15) is 0 Å². The van der Waals surface area contributed by atoms with Crippen molar-refractivity contribution >= 4 is 22.9 Å². The molecule has 29 heavy (non-hydrogen) atoms. The Morgan fingerprint density at radius 2 is 1.79 bits per heavy atom. The van der Waals surface area contributed by atoms with Crippen LogP contribution < -0.4 is 5.32 Å². The van der Waals surface area contributed by atoms with E-state index in [-0.39, 0.29) is 18.0 Å². The summed E-state index contributed by atoms with van der Waals surface area (Å²) in [4.78, 5) is 31.8. The van der Waals surface area contributed by atoms with Crippen molar-refractivity contribution in [2.75, 3.05) is 13.1 Å². The summed E-state index contributed by atoms with van der Waals surface area (Å²) < 4.78 is 5.45. The van der Waals surface area contributed by atoms with E-state index in [1.165, 1.54) is 0 Å². The Kier molecular flexibility index (Phi) is 5.19. The highest BCUT2D eigenvalue weighted by molar-refractivity contribution is 6.06. The number of carbonyl (C=O) groups excluding carboxylic acids is 2. The lowest BCUT2D eigenvalue weighted by molar-refractivity contribution is 0.0199. The van der Waals surface area contributed by atoms with Gasteiger partial charge in [-0.15, -0.1) is 0 Å². The third-order valence-corrected chi connectivity index (χ3v) is 5.46. The summed E-state index contributed by atoms with van der Waals surface area (Å²) in [5.41, 5.74) is 2.10. The first-order chi connectivity index (χ1) is 13.8. The number of nitrogens with zero attached hydrogens (tertiary/aromatic N) is 2. The third-order valence-electron chi connectivity index (χ3n) is 5.46. The number of ether oxygens (including phenoxy) is 1. The second-order valence-electron chi connectivity index (χ2n) is 9.10. The van der Waals surface area contributed by atoms with E-state index in [9.17, 15) is 9.59 Å². The predicted octanol–water partition coefficient (Wildman–Crippen LogP) is 4.24. The molecular formula is C23H29N3O3. The van der Waals surface area contributed by atoms with Gasteiger partial charge in [0, 0.05) is 36.1 Å². The highest BCUT2D eigenvalue weighted by atomic mass is 16.6. The molecule has 1 aromatic heterocycles. The van der Waals surface area contributed by atoms with Crippen molar-refractivity contribution in [1.82, 2.24) is 15.2 Å². The fourth-order valence-electron chi connectivity index (χ4n) is 3.77. The Balaban J connectivity index is 1.42. The van der Waals surface area contributed by atoms with Crippen molar-refractivity contribution in [2.24, 2.45) is 0 Å². The quantitative estimate of drug-likeness (QED) is 0.844. The standard InChI is InChI=1S/C23H29N3O3/c1-23(2,3)29-22(28)26-12-10-16(11-13-26)24-21(27)18-14-20(15-8-9-15)25-19-7-5-4-6-17(18)19/h4-7,14-16H,8-13H2,1-3H3,(H,24,27). The van der Waals surface area contributed by atoms with E-state index in [1.54, 1.807) is 4.90 Å². The number of piperidine rings is 1. The molecule has 1 aliphatic heterocycles. The zero-order chi connectivity index (χ0) is 20.6. The highest BCUT2D eigenvalue weighted by Crippen LogP contribution is 2.40. The molecule has 0 spiro atoms. The molecule has 2 amide bonds. The second-order valence-corrected chi connectivity index (χ2v) is 9.10. The Morgan fingerprint density at radius 3 is 2.45 bits per heavy atom. The first-order valence-electron chi connectivity index (χ1n) is 10.5. The Labute approximate surface area is 171 Å². The lowest BCUT2D eigenvalue weighted by Crippen LogP contribution is -2.47. The number of para-hydroxylation sites is 1. The number of likely N-dealkylation sites (tertiary alicyclic amines) is 1. The van der Waals surface area contributed by atoms with Crippen molar-refractivity contribution in [2.45, 2.75) is 64.0 Å². The van der Waals surface area contributed by atoms with E-state index < -0.39 is 5.60 Å². The van der Waals surface area contributed by atoms with Crippen LogP contribution in [-0.4, -0.2) is 46.6 Å². The van der Waals surface area contributed by atoms with Crippen LogP contribution in [0.15, 0.2) is 30.3 Å². The van der Waals surface area contributed by atoms with Crippen LogP contribution in [0.5, 0.6) is 0 Å².